The molecule has 0 spiro atoms. The van der Waals surface area contributed by atoms with Gasteiger partial charge in [-0.3, -0.25) is 4.57 Å². The Kier molecular flexibility index (Phi) is 2.37. The molecule has 0 saturated heterocycles. The summed E-state index contributed by atoms with van der Waals surface area (Å²) in [5.41, 5.74) is 8.41. The fourth-order valence-corrected chi connectivity index (χ4v) is 1.88. The first kappa shape index (κ1) is 10.6. The molecule has 0 aliphatic heterocycles. The van der Waals surface area contributed by atoms with E-state index in [1.165, 1.54) is 0 Å². The molecule has 5 heteroatoms. The molecular weight excluding hydrogens is 228 g/mol. The number of pyridine rings is 1. The summed E-state index contributed by atoms with van der Waals surface area (Å²) in [5, 5.41) is 0. The lowest BCUT2D eigenvalue weighted by Gasteiger charge is -2.08. The smallest absolute Gasteiger partial charge is 0.215 e. The molecule has 3 aromatic rings. The van der Waals surface area contributed by atoms with Crippen molar-refractivity contribution in [2.75, 3.05) is 12.8 Å². The van der Waals surface area contributed by atoms with E-state index in [4.69, 9.17) is 10.5 Å². The number of para-hydroxylation sites is 2. The Morgan fingerprint density at radius 1 is 1.17 bits per heavy atom. The highest BCUT2D eigenvalue weighted by atomic mass is 16.5. The van der Waals surface area contributed by atoms with E-state index in [-0.39, 0.29) is 0 Å². The number of nitrogens with zero attached hydrogens (tertiary/aromatic N) is 3. The molecule has 0 aliphatic rings. The molecule has 0 atom stereocenters. The quantitative estimate of drug-likeness (QED) is 0.744. The largest absolute Gasteiger partial charge is 0.481 e. The summed E-state index contributed by atoms with van der Waals surface area (Å²) in [6, 6.07) is 11.3. The van der Waals surface area contributed by atoms with Gasteiger partial charge in [0.05, 0.1) is 23.8 Å². The number of anilines is 1. The molecule has 0 bridgehead atoms. The Labute approximate surface area is 104 Å². The van der Waals surface area contributed by atoms with Gasteiger partial charge in [-0.2, -0.15) is 4.98 Å². The van der Waals surface area contributed by atoms with Gasteiger partial charge in [0.25, 0.3) is 0 Å². The van der Waals surface area contributed by atoms with Crippen molar-refractivity contribution < 1.29 is 4.74 Å². The number of rotatable bonds is 2. The standard InChI is InChI=1S/C13H12N4O/c1-18-12-7-6-9(14)13(16-12)17-8-15-10-4-2-3-5-11(10)17/h2-8H,14H2,1H3. The fraction of sp³-hybridized carbons (Fsp3) is 0.0769. The molecule has 0 saturated carbocycles. The van der Waals surface area contributed by atoms with Crippen molar-refractivity contribution in [1.29, 1.82) is 0 Å². The van der Waals surface area contributed by atoms with Crippen LogP contribution in [0.1, 0.15) is 0 Å². The van der Waals surface area contributed by atoms with Gasteiger partial charge in [0.1, 0.15) is 6.33 Å². The SMILES string of the molecule is COc1ccc(N)c(-n2cnc3ccccc32)n1. The van der Waals surface area contributed by atoms with E-state index in [1.807, 2.05) is 28.8 Å². The summed E-state index contributed by atoms with van der Waals surface area (Å²) in [6.45, 7) is 0. The summed E-state index contributed by atoms with van der Waals surface area (Å²) >= 11 is 0. The minimum atomic E-state index is 0.525. The zero-order chi connectivity index (χ0) is 12.5. The first-order chi connectivity index (χ1) is 8.79. The van der Waals surface area contributed by atoms with Crippen LogP contribution in [-0.4, -0.2) is 21.6 Å². The molecule has 0 unspecified atom stereocenters. The van der Waals surface area contributed by atoms with Crippen molar-refractivity contribution >= 4 is 16.7 Å². The number of nitrogen functional groups attached to an aromatic ring is 1. The van der Waals surface area contributed by atoms with E-state index in [1.54, 1.807) is 25.6 Å². The van der Waals surface area contributed by atoms with Crippen LogP contribution in [0.2, 0.25) is 0 Å². The summed E-state index contributed by atoms with van der Waals surface area (Å²) in [4.78, 5) is 8.68. The molecule has 2 N–H and O–H groups in total. The fourth-order valence-electron chi connectivity index (χ4n) is 1.88. The van der Waals surface area contributed by atoms with E-state index >= 15 is 0 Å². The zero-order valence-corrected chi connectivity index (χ0v) is 9.87. The van der Waals surface area contributed by atoms with E-state index in [2.05, 4.69) is 9.97 Å². The van der Waals surface area contributed by atoms with Gasteiger partial charge in [-0.05, 0) is 18.2 Å². The van der Waals surface area contributed by atoms with Crippen LogP contribution >= 0.6 is 0 Å². The maximum absolute atomic E-state index is 5.96. The van der Waals surface area contributed by atoms with E-state index in [9.17, 15) is 0 Å². The number of aromatic nitrogens is 3. The molecule has 18 heavy (non-hydrogen) atoms. The average Bonchev–Trinajstić information content (AvgIpc) is 2.83. The van der Waals surface area contributed by atoms with Crippen LogP contribution in [0.4, 0.5) is 5.69 Å². The highest BCUT2D eigenvalue weighted by molar-refractivity contribution is 5.78. The first-order valence-corrected chi connectivity index (χ1v) is 5.52. The van der Waals surface area contributed by atoms with Crippen LogP contribution in [0.3, 0.4) is 0 Å². The van der Waals surface area contributed by atoms with Crippen molar-refractivity contribution in [3.05, 3.63) is 42.7 Å². The molecule has 2 aromatic heterocycles. The lowest BCUT2D eigenvalue weighted by atomic mass is 10.3. The third-order valence-corrected chi connectivity index (χ3v) is 2.77. The Hall–Kier alpha value is -2.56. The van der Waals surface area contributed by atoms with Crippen LogP contribution < -0.4 is 10.5 Å². The number of nitrogens with two attached hydrogens (primary N) is 1. The van der Waals surface area contributed by atoms with Gasteiger partial charge in [-0.25, -0.2) is 4.98 Å². The molecule has 5 nitrogen and oxygen atoms in total. The molecule has 3 rings (SSSR count). The average molecular weight is 240 g/mol. The summed E-state index contributed by atoms with van der Waals surface area (Å²) in [7, 11) is 1.58. The monoisotopic (exact) mass is 240 g/mol. The van der Waals surface area contributed by atoms with Crippen LogP contribution in [0, 0.1) is 0 Å². The lowest BCUT2D eigenvalue weighted by Crippen LogP contribution is -2.02. The molecule has 0 fully saturated rings. The van der Waals surface area contributed by atoms with E-state index in [0.29, 0.717) is 17.4 Å². The highest BCUT2D eigenvalue weighted by Gasteiger charge is 2.09. The number of imidazole rings is 1. The second-order valence-corrected chi connectivity index (χ2v) is 3.87. The minimum absolute atomic E-state index is 0.525. The topological polar surface area (TPSA) is 66.0 Å². The summed E-state index contributed by atoms with van der Waals surface area (Å²) in [6.07, 6.45) is 1.71. The normalized spacial score (nSPS) is 10.7. The Bertz CT molecular complexity index is 705. The minimum Gasteiger partial charge on any atom is -0.481 e. The summed E-state index contributed by atoms with van der Waals surface area (Å²) in [5.74, 6) is 1.15. The maximum atomic E-state index is 5.96. The van der Waals surface area contributed by atoms with Crippen molar-refractivity contribution in [3.8, 4) is 11.7 Å². The number of ether oxygens (including phenoxy) is 1. The van der Waals surface area contributed by atoms with Gasteiger partial charge in [0.2, 0.25) is 5.88 Å². The Morgan fingerprint density at radius 3 is 2.83 bits per heavy atom. The van der Waals surface area contributed by atoms with Gasteiger partial charge in [0, 0.05) is 6.07 Å². The van der Waals surface area contributed by atoms with Gasteiger partial charge in [0.15, 0.2) is 5.82 Å². The number of fused-ring (bicyclic) bond motifs is 1. The molecule has 0 amide bonds. The van der Waals surface area contributed by atoms with Crippen LogP contribution in [-0.2, 0) is 0 Å². The number of hydrogen-bond donors (Lipinski definition) is 1. The molecule has 90 valence electrons. The second-order valence-electron chi connectivity index (χ2n) is 3.87. The summed E-state index contributed by atoms with van der Waals surface area (Å²) < 4.78 is 6.97. The van der Waals surface area contributed by atoms with Crippen molar-refractivity contribution in [2.24, 2.45) is 0 Å². The van der Waals surface area contributed by atoms with Crippen LogP contribution in [0.5, 0.6) is 5.88 Å². The molecule has 1 aromatic carbocycles. The van der Waals surface area contributed by atoms with E-state index < -0.39 is 0 Å². The van der Waals surface area contributed by atoms with Crippen LogP contribution in [0.15, 0.2) is 42.7 Å². The molecule has 0 aliphatic carbocycles. The predicted octanol–water partition coefficient (Wildman–Crippen LogP) is 2.01. The number of hydrogen-bond acceptors (Lipinski definition) is 4. The predicted molar refractivity (Wildman–Crippen MR) is 69.8 cm³/mol. The Balaban J connectivity index is 2.25. The first-order valence-electron chi connectivity index (χ1n) is 5.52. The van der Waals surface area contributed by atoms with Gasteiger partial charge < -0.3 is 10.5 Å². The zero-order valence-electron chi connectivity index (χ0n) is 9.87. The van der Waals surface area contributed by atoms with Crippen LogP contribution in [0.25, 0.3) is 16.9 Å². The Morgan fingerprint density at radius 2 is 2.00 bits per heavy atom. The number of benzene rings is 1. The van der Waals surface area contributed by atoms with Gasteiger partial charge in [-0.1, -0.05) is 12.1 Å². The van der Waals surface area contributed by atoms with E-state index in [0.717, 1.165) is 11.0 Å². The van der Waals surface area contributed by atoms with Crippen molar-refractivity contribution in [2.45, 2.75) is 0 Å². The maximum Gasteiger partial charge on any atom is 0.215 e. The van der Waals surface area contributed by atoms with Crippen molar-refractivity contribution in [1.82, 2.24) is 14.5 Å². The van der Waals surface area contributed by atoms with Crippen molar-refractivity contribution in [3.63, 3.8) is 0 Å². The second kappa shape index (κ2) is 4.03. The highest BCUT2D eigenvalue weighted by Crippen LogP contribution is 2.23. The molecular formula is C13H12N4O. The molecule has 2 heterocycles. The third-order valence-electron chi connectivity index (χ3n) is 2.77. The number of methoxy groups -OCH3 is 1. The van der Waals surface area contributed by atoms with Gasteiger partial charge >= 0.3 is 0 Å². The molecule has 0 radical (unpaired) electrons. The van der Waals surface area contributed by atoms with Gasteiger partial charge in [-0.15, -0.1) is 0 Å². The third kappa shape index (κ3) is 1.57. The lowest BCUT2D eigenvalue weighted by molar-refractivity contribution is 0.397.